The van der Waals surface area contributed by atoms with E-state index in [4.69, 9.17) is 46.9 Å². The first-order valence-corrected chi connectivity index (χ1v) is 40.2. The van der Waals surface area contributed by atoms with E-state index >= 15 is 0 Å². The maximum absolute atomic E-state index is 13.1. The van der Waals surface area contributed by atoms with Gasteiger partial charge in [-0.25, -0.2) is 14.5 Å². The number of hydrogen-bond acceptors (Lipinski definition) is 32. The van der Waals surface area contributed by atoms with Gasteiger partial charge in [-0.15, -0.1) is 0 Å². The zero-order valence-electron chi connectivity index (χ0n) is 69.1. The first-order valence-electron chi connectivity index (χ1n) is 40.2. The summed E-state index contributed by atoms with van der Waals surface area (Å²) in [4.78, 5) is 41.0. The zero-order chi connectivity index (χ0) is 88.7. The molecule has 0 spiro atoms. The molecule has 14 rings (SSSR count). The van der Waals surface area contributed by atoms with E-state index in [1.165, 1.54) is 22.8 Å². The van der Waals surface area contributed by atoms with Gasteiger partial charge in [0.2, 0.25) is 18.9 Å². The second-order valence-corrected chi connectivity index (χ2v) is 31.0. The van der Waals surface area contributed by atoms with Gasteiger partial charge >= 0.3 is 5.69 Å². The molecule has 4 aromatic heterocycles. The van der Waals surface area contributed by atoms with Crippen molar-refractivity contribution in [3.8, 4) is 102 Å². The summed E-state index contributed by atoms with van der Waals surface area (Å²) in [5.41, 5.74) is 6.82. The first kappa shape index (κ1) is 91.3. The van der Waals surface area contributed by atoms with Crippen molar-refractivity contribution in [2.75, 3.05) is 66.3 Å². The lowest BCUT2D eigenvalue weighted by Crippen LogP contribution is -2.60. The number of amides is 2. The molecule has 4 saturated heterocycles. The summed E-state index contributed by atoms with van der Waals surface area (Å²) in [6, 6.07) is 31.0. The molecule has 8 heterocycles. The van der Waals surface area contributed by atoms with Crippen molar-refractivity contribution in [1.82, 2.24) is 45.2 Å². The molecule has 37 heteroatoms. The summed E-state index contributed by atoms with van der Waals surface area (Å²) in [5.74, 6) is -0.605. The predicted octanol–water partition coefficient (Wildman–Crippen LogP) is 4.10. The van der Waals surface area contributed by atoms with Crippen LogP contribution in [0.3, 0.4) is 0 Å². The van der Waals surface area contributed by atoms with E-state index in [1.807, 2.05) is 102 Å². The molecule has 18 N–H and O–H groups in total. The second-order valence-electron chi connectivity index (χ2n) is 31.0. The molecule has 0 aliphatic carbocycles. The highest BCUT2D eigenvalue weighted by Gasteiger charge is 2.48. The Hall–Kier alpha value is -10.9. The number of morpholine rings is 1. The zero-order valence-corrected chi connectivity index (χ0v) is 69.1. The summed E-state index contributed by atoms with van der Waals surface area (Å²) in [7, 11) is 3.47. The fourth-order valence-corrected chi connectivity index (χ4v) is 14.8. The van der Waals surface area contributed by atoms with Crippen molar-refractivity contribution in [3.05, 3.63) is 160 Å². The number of hydrogen-bond donors (Lipinski definition) is 18. The fraction of sp³-hybridized carbons (Fsp3) is 0.442. The number of benzene rings is 6. The molecule has 662 valence electrons. The van der Waals surface area contributed by atoms with Gasteiger partial charge in [0, 0.05) is 75.1 Å². The van der Waals surface area contributed by atoms with Crippen LogP contribution in [0.1, 0.15) is 116 Å². The average Bonchev–Trinajstić information content (AvgIpc) is 1.70. The molecular weight excluding hydrogens is 1610 g/mol. The van der Waals surface area contributed by atoms with Crippen LogP contribution < -0.4 is 35.3 Å². The number of carbonyl (C=O) groups is 2. The molecule has 4 fully saturated rings. The van der Waals surface area contributed by atoms with Crippen LogP contribution in [0, 0.1) is 0 Å². The Morgan fingerprint density at radius 1 is 0.528 bits per heavy atom. The Morgan fingerprint density at radius 3 is 1.33 bits per heavy atom. The number of methoxy groups -OCH3 is 1. The van der Waals surface area contributed by atoms with Crippen molar-refractivity contribution < 1.29 is 133 Å². The number of nitrogens with one attached hydrogen (secondary N) is 3. The van der Waals surface area contributed by atoms with Gasteiger partial charge in [0.15, 0.2) is 28.7 Å². The van der Waals surface area contributed by atoms with Gasteiger partial charge in [0.05, 0.1) is 73.6 Å². The molecule has 0 saturated carbocycles. The summed E-state index contributed by atoms with van der Waals surface area (Å²) < 4.78 is 59.5. The Kier molecular flexibility index (Phi) is 29.5. The minimum Gasteiger partial charge on any atom is -0.507 e. The van der Waals surface area contributed by atoms with Crippen LogP contribution in [-0.2, 0) is 32.5 Å². The van der Waals surface area contributed by atoms with Crippen LogP contribution in [-0.4, -0.2) is 281 Å². The number of rotatable bonds is 25. The number of aliphatic hydroxyl groups is 12. The van der Waals surface area contributed by atoms with Crippen LogP contribution in [0.25, 0.3) is 72.9 Å². The first-order chi connectivity index (χ1) is 58.8. The predicted molar refractivity (Wildman–Crippen MR) is 440 cm³/mol. The second kappa shape index (κ2) is 39.7. The number of fused-ring (bicyclic) bond motifs is 1. The quantitative estimate of drug-likeness (QED) is 0.0383. The van der Waals surface area contributed by atoms with Gasteiger partial charge in [0.25, 0.3) is 11.8 Å². The number of carbonyl (C=O) groups excluding carboxylic acids is 2. The minimum atomic E-state index is -1.63. The van der Waals surface area contributed by atoms with E-state index in [0.717, 1.165) is 36.1 Å². The molecule has 15 atom stereocenters. The molecule has 2 amide bonds. The molecular formula is C86H105N9O28. The number of aromatic nitrogens is 6. The van der Waals surface area contributed by atoms with Crippen molar-refractivity contribution >= 4 is 22.7 Å². The number of H-pyrrole nitrogens is 1. The summed E-state index contributed by atoms with van der Waals surface area (Å²) in [6.45, 7) is 17.7. The van der Waals surface area contributed by atoms with Crippen LogP contribution in [0.5, 0.6) is 40.2 Å². The van der Waals surface area contributed by atoms with Crippen molar-refractivity contribution in [2.24, 2.45) is 7.05 Å². The van der Waals surface area contributed by atoms with Crippen LogP contribution in [0.4, 0.5) is 0 Å². The smallest absolute Gasteiger partial charge is 0.348 e. The van der Waals surface area contributed by atoms with Gasteiger partial charge in [-0.2, -0.15) is 5.10 Å². The molecule has 0 bridgehead atoms. The maximum atomic E-state index is 13.1. The lowest BCUT2D eigenvalue weighted by Gasteiger charge is -2.39. The molecule has 123 heavy (non-hydrogen) atoms. The van der Waals surface area contributed by atoms with Crippen LogP contribution >= 0.6 is 0 Å². The Balaban J connectivity index is 0.000000169. The van der Waals surface area contributed by atoms with Gasteiger partial charge in [-0.3, -0.25) is 14.5 Å². The SMILES string of the molecule is CC(C)c1cc(-c2n[nH]c(=O)n2-c2ccc3c(ccn3C)c2)c(O)cc1O[C@@H]1O[C@H](CO)[C@H](O)[C@H](O)[C@H]1O.CCNC(=O)c1noc(-c2cc(C(C)C)c(O[C@@H]3O[C@H](CO)[C@H](O)[C@H](O)[C@H]3O)cc2O)c1-c1ccc(CN2CCOCC2)cc1.CCNC(=O)c1noc(-c2cc(C(C)C)c(O[C@@H]3O[C@H](CO)[C@H](O)[C@H](O)[C@H]3O)cc2O)c1-c1ccc(OC)cc1. The normalized spacial score (nSPS) is 23.6. The van der Waals surface area contributed by atoms with Crippen LogP contribution in [0.15, 0.2) is 129 Å². The Labute approximate surface area is 704 Å². The average molecular weight is 1710 g/mol. The van der Waals surface area contributed by atoms with Gasteiger partial charge in [0.1, 0.15) is 113 Å². The van der Waals surface area contributed by atoms with Crippen LogP contribution in [0.2, 0.25) is 0 Å². The van der Waals surface area contributed by atoms with Crippen molar-refractivity contribution in [1.29, 1.82) is 0 Å². The monoisotopic (exact) mass is 1710 g/mol. The highest BCUT2D eigenvalue weighted by Crippen LogP contribution is 2.48. The number of nitrogens with zero attached hydrogens (tertiary/aromatic N) is 6. The van der Waals surface area contributed by atoms with E-state index in [0.29, 0.717) is 76.7 Å². The number of ether oxygens (including phenoxy) is 8. The molecule has 4 aliphatic rings. The molecule has 4 aliphatic heterocycles. The molecule has 10 aromatic rings. The Bertz CT molecular complexity index is 5330. The number of phenolic OH excluding ortho intramolecular Hbond substituents is 3. The van der Waals surface area contributed by atoms with E-state index in [1.54, 1.807) is 69.5 Å². The molecule has 0 radical (unpaired) electrons. The standard InChI is InChI=1S/C32H41N3O10.C28H34N2O10.C26H30N4O8/c1-4-33-31(41)26-25(19-7-5-18(6-8-19)15-35-9-11-42-12-10-35)30(45-34-26)21-13-20(17(2)3)23(14-22(21)37)43-32-29(40)28(39)27(38)24(16-36)44-32;1-5-29-27(36)22-21(14-6-8-15(37-4)9-7-14)26(40-30-22)17-10-16(13(2)3)19(11-18(17)32)38-28-25(35)24(34)23(33)20(12-31)39-28;1-12(2)15-9-16(18(32)10-19(15)37-25-23(35)22(34)21(33)20(11-31)38-25)24-27-28-26(36)30(24)14-4-5-17-13(8-14)6-7-29(17)3/h5-8,13-14,17,24,27-29,32,36-40H,4,9-12,15-16H2,1-3H3,(H,33,41);6-11,13,20,23-25,28,31-35H,5,12H2,1-4H3,(H,29,36);4-10,12,20-23,25,31-35H,11H2,1-3H3,(H,28,36)/t24-,27+,28+,29-,32-;20-,23+,24+,25-,28-;20-,21+,22+,23-,25-/m111/s1. The fourth-order valence-electron chi connectivity index (χ4n) is 14.8. The largest absolute Gasteiger partial charge is 0.507 e. The van der Waals surface area contributed by atoms with E-state index in [-0.39, 0.29) is 97.7 Å². The molecule has 0 unspecified atom stereocenters. The molecule has 37 nitrogen and oxygen atoms in total. The van der Waals surface area contributed by atoms with Gasteiger partial charge in [-0.05, 0) is 120 Å². The third-order valence-corrected chi connectivity index (χ3v) is 21.7. The van der Waals surface area contributed by atoms with E-state index in [2.05, 4.69) is 36.0 Å². The summed E-state index contributed by atoms with van der Waals surface area (Å²) in [5, 5.41) is 175. The van der Waals surface area contributed by atoms with Gasteiger partial charge < -0.3 is 139 Å². The maximum Gasteiger partial charge on any atom is 0.348 e. The number of phenols is 3. The highest BCUT2D eigenvalue weighted by molar-refractivity contribution is 6.04. The van der Waals surface area contributed by atoms with Crippen molar-refractivity contribution in [3.63, 3.8) is 0 Å². The number of aryl methyl sites for hydroxylation is 1. The lowest BCUT2D eigenvalue weighted by atomic mass is 9.93. The third kappa shape index (κ3) is 19.5. The van der Waals surface area contributed by atoms with Gasteiger partial charge in [-0.1, -0.05) is 88.3 Å². The molecule has 6 aromatic carbocycles. The number of aromatic hydroxyl groups is 3. The highest BCUT2D eigenvalue weighted by atomic mass is 16.7. The van der Waals surface area contributed by atoms with Crippen molar-refractivity contribution in [2.45, 2.75) is 172 Å². The Morgan fingerprint density at radius 2 is 0.935 bits per heavy atom. The summed E-state index contributed by atoms with van der Waals surface area (Å²) in [6.07, 6.45) is -20.2. The number of aromatic amines is 1. The van der Waals surface area contributed by atoms with E-state index < -0.39 is 129 Å². The lowest BCUT2D eigenvalue weighted by molar-refractivity contribution is -0.277. The number of aliphatic hydroxyl groups excluding tert-OH is 12. The van der Waals surface area contributed by atoms with E-state index in [9.17, 15) is 91.0 Å². The third-order valence-electron chi connectivity index (χ3n) is 21.7. The summed E-state index contributed by atoms with van der Waals surface area (Å²) >= 11 is 0. The minimum absolute atomic E-state index is 0.0363. The topological polar surface area (TPSA) is 546 Å².